The van der Waals surface area contributed by atoms with Gasteiger partial charge in [-0.3, -0.25) is 5.32 Å². The molecule has 2 heterocycles. The lowest BCUT2D eigenvalue weighted by Gasteiger charge is -2.33. The first-order chi connectivity index (χ1) is 20.3. The normalized spacial score (nSPS) is 24.1. The van der Waals surface area contributed by atoms with Gasteiger partial charge in [0, 0.05) is 22.6 Å². The lowest BCUT2D eigenvalue weighted by Crippen LogP contribution is -2.45. The zero-order chi connectivity index (χ0) is 27.2. The molecule has 0 radical (unpaired) electrons. The van der Waals surface area contributed by atoms with E-state index in [4.69, 9.17) is 9.73 Å². The van der Waals surface area contributed by atoms with Crippen LogP contribution in [-0.2, 0) is 4.74 Å². The smallest absolute Gasteiger partial charge is 0.196 e. The van der Waals surface area contributed by atoms with Crippen LogP contribution in [-0.4, -0.2) is 5.84 Å². The number of ether oxygens (including phenoxy) is 1. The third kappa shape index (κ3) is 4.35. The average Bonchev–Trinajstić information content (AvgIpc) is 3.50. The van der Waals surface area contributed by atoms with Crippen LogP contribution in [0.3, 0.4) is 0 Å². The van der Waals surface area contributed by atoms with E-state index in [-0.39, 0.29) is 24.5 Å². The molecule has 0 aromatic heterocycles. The molecule has 0 saturated carbocycles. The summed E-state index contributed by atoms with van der Waals surface area (Å²) in [6.45, 7) is 0. The van der Waals surface area contributed by atoms with E-state index in [1.54, 1.807) is 0 Å². The molecule has 1 saturated heterocycles. The molecule has 0 amide bonds. The number of allylic oxidation sites excluding steroid dienone is 3. The molecule has 5 heteroatoms. The summed E-state index contributed by atoms with van der Waals surface area (Å²) in [7, 11) is 0. The summed E-state index contributed by atoms with van der Waals surface area (Å²) in [5.74, 6) is 2.12. The van der Waals surface area contributed by atoms with Crippen LogP contribution < -0.4 is 16.0 Å². The minimum atomic E-state index is -0.185. The summed E-state index contributed by atoms with van der Waals surface area (Å²) in [5, 5.41) is 11.0. The van der Waals surface area contributed by atoms with Gasteiger partial charge in [0.2, 0.25) is 0 Å². The van der Waals surface area contributed by atoms with Gasteiger partial charge in [-0.25, -0.2) is 4.99 Å². The van der Waals surface area contributed by atoms with Crippen molar-refractivity contribution in [2.75, 3.05) is 0 Å². The summed E-state index contributed by atoms with van der Waals surface area (Å²) in [6, 6.07) is 38.0. The molecule has 4 aromatic carbocycles. The average molecular weight is 535 g/mol. The Morgan fingerprint density at radius 1 is 0.732 bits per heavy atom. The first-order valence-electron chi connectivity index (χ1n) is 14.3. The lowest BCUT2D eigenvalue weighted by atomic mass is 9.78. The number of rotatable bonds is 4. The third-order valence-corrected chi connectivity index (χ3v) is 8.30. The number of amidine groups is 1. The van der Waals surface area contributed by atoms with Crippen molar-refractivity contribution in [2.24, 2.45) is 10.9 Å². The van der Waals surface area contributed by atoms with E-state index in [0.29, 0.717) is 0 Å². The highest BCUT2D eigenvalue weighted by molar-refractivity contribution is 6.01. The standard InChI is InChI=1S/C36H30N4O/c1-4-10-25(11-5-1)33-38-34(26-12-6-2-7-13-26)40-35(39-33)28-19-17-23-16-18-24-20-21-30-32(31(24)29(23)22-28)41-36(37-30)27-14-8-3-9-15-27/h1-19,21-22,24,33-34,36-38H,20H2,(H,39,40). The van der Waals surface area contributed by atoms with E-state index in [1.807, 2.05) is 18.2 Å². The molecule has 200 valence electrons. The maximum atomic E-state index is 6.62. The van der Waals surface area contributed by atoms with Crippen molar-refractivity contribution in [3.8, 4) is 0 Å². The second-order valence-corrected chi connectivity index (χ2v) is 10.9. The molecule has 2 aliphatic carbocycles. The molecule has 4 unspecified atom stereocenters. The summed E-state index contributed by atoms with van der Waals surface area (Å²) in [6.07, 6.45) is 7.37. The summed E-state index contributed by atoms with van der Waals surface area (Å²) < 4.78 is 6.62. The molecular weight excluding hydrogens is 504 g/mol. The minimum absolute atomic E-state index is 0.0715. The van der Waals surface area contributed by atoms with Crippen LogP contribution in [0, 0.1) is 5.92 Å². The fourth-order valence-electron chi connectivity index (χ4n) is 6.22. The topological polar surface area (TPSA) is 57.7 Å². The van der Waals surface area contributed by atoms with E-state index in [0.717, 1.165) is 40.4 Å². The van der Waals surface area contributed by atoms with E-state index >= 15 is 0 Å². The molecule has 3 N–H and O–H groups in total. The summed E-state index contributed by atoms with van der Waals surface area (Å²) in [4.78, 5) is 5.17. The second kappa shape index (κ2) is 9.95. The number of fused-ring (bicyclic) bond motifs is 4. The van der Waals surface area contributed by atoms with Gasteiger partial charge in [-0.1, -0.05) is 121 Å². The van der Waals surface area contributed by atoms with Crippen LogP contribution in [0.15, 0.2) is 138 Å². The zero-order valence-electron chi connectivity index (χ0n) is 22.5. The molecule has 4 atom stereocenters. The predicted molar refractivity (Wildman–Crippen MR) is 163 cm³/mol. The van der Waals surface area contributed by atoms with Crippen LogP contribution in [0.25, 0.3) is 11.6 Å². The Kier molecular flexibility index (Phi) is 5.82. The molecule has 4 aromatic rings. The molecule has 8 rings (SSSR count). The quantitative estimate of drug-likeness (QED) is 0.264. The monoisotopic (exact) mass is 534 g/mol. The van der Waals surface area contributed by atoms with Crippen molar-refractivity contribution in [3.63, 3.8) is 0 Å². The van der Waals surface area contributed by atoms with Crippen molar-refractivity contribution < 1.29 is 4.74 Å². The molecule has 0 bridgehead atoms. The van der Waals surface area contributed by atoms with Crippen LogP contribution >= 0.6 is 0 Å². The van der Waals surface area contributed by atoms with E-state index in [9.17, 15) is 0 Å². The van der Waals surface area contributed by atoms with Crippen LogP contribution in [0.2, 0.25) is 0 Å². The second-order valence-electron chi connectivity index (χ2n) is 10.9. The highest BCUT2D eigenvalue weighted by atomic mass is 16.5. The highest BCUT2D eigenvalue weighted by Gasteiger charge is 2.36. The Morgan fingerprint density at radius 3 is 2.20 bits per heavy atom. The lowest BCUT2D eigenvalue weighted by molar-refractivity contribution is 0.148. The number of benzene rings is 4. The Hall–Kier alpha value is -4.87. The Bertz CT molecular complexity index is 1720. The van der Waals surface area contributed by atoms with Crippen LogP contribution in [0.4, 0.5) is 0 Å². The summed E-state index contributed by atoms with van der Waals surface area (Å²) >= 11 is 0. The van der Waals surface area contributed by atoms with Gasteiger partial charge in [0.15, 0.2) is 6.23 Å². The Labute approximate surface area is 240 Å². The Morgan fingerprint density at radius 2 is 1.44 bits per heavy atom. The molecule has 41 heavy (non-hydrogen) atoms. The third-order valence-electron chi connectivity index (χ3n) is 8.30. The molecule has 4 aliphatic rings. The number of nitrogens with zero attached hydrogens (tertiary/aromatic N) is 1. The zero-order valence-corrected chi connectivity index (χ0v) is 22.5. The van der Waals surface area contributed by atoms with Crippen molar-refractivity contribution in [2.45, 2.75) is 25.0 Å². The van der Waals surface area contributed by atoms with Crippen molar-refractivity contribution in [3.05, 3.63) is 166 Å². The maximum absolute atomic E-state index is 6.62. The van der Waals surface area contributed by atoms with Gasteiger partial charge < -0.3 is 15.4 Å². The van der Waals surface area contributed by atoms with E-state index < -0.39 is 0 Å². The SMILES string of the molecule is C1=CC2CC=C3NC(c4ccccc4)OC3=C2c2cc(C3=NC(c4ccccc4)NC(c4ccccc4)N3)ccc21. The van der Waals surface area contributed by atoms with E-state index in [1.165, 1.54) is 22.3 Å². The fraction of sp³-hybridized carbons (Fsp3) is 0.139. The molecule has 5 nitrogen and oxygen atoms in total. The molecule has 2 aliphatic heterocycles. The molecule has 0 spiro atoms. The first kappa shape index (κ1) is 24.0. The van der Waals surface area contributed by atoms with Gasteiger partial charge in [-0.15, -0.1) is 0 Å². The predicted octanol–water partition coefficient (Wildman–Crippen LogP) is 6.98. The van der Waals surface area contributed by atoms with Crippen LogP contribution in [0.1, 0.15) is 58.4 Å². The van der Waals surface area contributed by atoms with Gasteiger partial charge in [0.1, 0.15) is 23.9 Å². The van der Waals surface area contributed by atoms with Crippen molar-refractivity contribution >= 4 is 17.5 Å². The van der Waals surface area contributed by atoms with E-state index in [2.05, 4.69) is 125 Å². The highest BCUT2D eigenvalue weighted by Crippen LogP contribution is 2.46. The largest absolute Gasteiger partial charge is 0.464 e. The van der Waals surface area contributed by atoms with Gasteiger partial charge >= 0.3 is 0 Å². The van der Waals surface area contributed by atoms with Crippen LogP contribution in [0.5, 0.6) is 0 Å². The first-order valence-corrected chi connectivity index (χ1v) is 14.3. The van der Waals surface area contributed by atoms with Gasteiger partial charge in [-0.05, 0) is 34.7 Å². The molecular formula is C36H30N4O. The number of nitrogens with one attached hydrogen (secondary N) is 3. The fourth-order valence-corrected chi connectivity index (χ4v) is 6.22. The minimum Gasteiger partial charge on any atom is -0.464 e. The molecule has 1 fully saturated rings. The van der Waals surface area contributed by atoms with Gasteiger partial charge in [-0.2, -0.15) is 0 Å². The van der Waals surface area contributed by atoms with Gasteiger partial charge in [0.25, 0.3) is 0 Å². The number of aliphatic imine (C=N–C) groups is 1. The van der Waals surface area contributed by atoms with Crippen molar-refractivity contribution in [1.82, 2.24) is 16.0 Å². The number of hydrogen-bond acceptors (Lipinski definition) is 5. The maximum Gasteiger partial charge on any atom is 0.196 e. The Balaban J connectivity index is 1.20. The number of hydrogen-bond donors (Lipinski definition) is 3. The summed E-state index contributed by atoms with van der Waals surface area (Å²) in [5.41, 5.74) is 9.25. The van der Waals surface area contributed by atoms with Crippen molar-refractivity contribution in [1.29, 1.82) is 0 Å². The van der Waals surface area contributed by atoms with Gasteiger partial charge in [0.05, 0.1) is 5.70 Å².